The van der Waals surface area contributed by atoms with E-state index < -0.39 is 26.9 Å². The minimum atomic E-state index is -4.68. The van der Waals surface area contributed by atoms with Crippen molar-refractivity contribution in [2.75, 3.05) is 17.7 Å². The van der Waals surface area contributed by atoms with Crippen molar-refractivity contribution in [2.24, 2.45) is 0 Å². The molecule has 0 saturated heterocycles. The molecule has 2 aromatic rings. The summed E-state index contributed by atoms with van der Waals surface area (Å²) in [6.45, 7) is 3.02. The number of alkyl halides is 3. The molecule has 0 unspecified atom stereocenters. The number of sulfone groups is 1. The molecule has 0 atom stereocenters. The predicted octanol–water partition coefficient (Wildman–Crippen LogP) is 2.33. The van der Waals surface area contributed by atoms with Crippen LogP contribution in [-0.2, 0) is 16.0 Å². The number of carbonyl (C=O) groups excluding carboxylic acids is 1. The third kappa shape index (κ3) is 3.95. The van der Waals surface area contributed by atoms with Crippen molar-refractivity contribution in [3.8, 4) is 0 Å². The Balaban J connectivity index is 2.46. The van der Waals surface area contributed by atoms with E-state index in [9.17, 15) is 26.4 Å². The van der Waals surface area contributed by atoms with E-state index in [1.54, 1.807) is 6.92 Å². The van der Waals surface area contributed by atoms with Crippen molar-refractivity contribution < 1.29 is 26.4 Å². The van der Waals surface area contributed by atoms with Gasteiger partial charge in [-0.2, -0.15) is 13.2 Å². The molecule has 1 amide bonds. The van der Waals surface area contributed by atoms with Crippen molar-refractivity contribution in [1.29, 1.82) is 0 Å². The lowest BCUT2D eigenvalue weighted by Crippen LogP contribution is -2.29. The van der Waals surface area contributed by atoms with Crippen LogP contribution < -0.4 is 4.90 Å². The third-order valence-corrected chi connectivity index (χ3v) is 5.94. The van der Waals surface area contributed by atoms with E-state index in [1.807, 2.05) is 0 Å². The molecule has 0 aliphatic heterocycles. The molecule has 136 valence electrons. The van der Waals surface area contributed by atoms with Gasteiger partial charge in [-0.1, -0.05) is 18.3 Å². The number of pyridine rings is 1. The Kier molecular flexibility index (Phi) is 5.14. The van der Waals surface area contributed by atoms with Crippen molar-refractivity contribution in [3.63, 3.8) is 0 Å². The molecule has 0 spiro atoms. The summed E-state index contributed by atoms with van der Waals surface area (Å²) < 4.78 is 62.2. The van der Waals surface area contributed by atoms with Crippen molar-refractivity contribution in [2.45, 2.75) is 24.9 Å². The quantitative estimate of drug-likeness (QED) is 0.790. The summed E-state index contributed by atoms with van der Waals surface area (Å²) in [6, 6.07) is 1.30. The van der Waals surface area contributed by atoms with Gasteiger partial charge in [0.1, 0.15) is 5.69 Å². The molecule has 0 saturated carbocycles. The molecule has 0 fully saturated rings. The van der Waals surface area contributed by atoms with Crippen LogP contribution in [0.1, 0.15) is 28.0 Å². The highest BCUT2D eigenvalue weighted by Crippen LogP contribution is 2.34. The summed E-state index contributed by atoms with van der Waals surface area (Å²) in [4.78, 5) is 16.9. The maximum absolute atomic E-state index is 12.6. The van der Waals surface area contributed by atoms with Gasteiger partial charge in [-0.3, -0.25) is 9.69 Å². The normalized spacial score (nSPS) is 12.2. The second kappa shape index (κ2) is 6.67. The zero-order valence-corrected chi connectivity index (χ0v) is 15.0. The highest BCUT2D eigenvalue weighted by Gasteiger charge is 2.37. The number of nitrogens with zero attached hydrogens (tertiary/aromatic N) is 4. The zero-order chi connectivity index (χ0) is 19.0. The summed E-state index contributed by atoms with van der Waals surface area (Å²) in [6.07, 6.45) is -3.38. The van der Waals surface area contributed by atoms with Crippen LogP contribution >= 0.6 is 11.3 Å². The van der Waals surface area contributed by atoms with Crippen molar-refractivity contribution in [3.05, 3.63) is 28.5 Å². The third-order valence-electron chi connectivity index (χ3n) is 3.16. The SMILES string of the molecule is CCS(=O)(=O)c1cc(C)cnc1C(=O)N(C)c1nnc(C(F)(F)F)s1. The largest absolute Gasteiger partial charge is 0.445 e. The van der Waals surface area contributed by atoms with Gasteiger partial charge in [0.05, 0.1) is 10.6 Å². The molecule has 0 radical (unpaired) electrons. The Morgan fingerprint density at radius 2 is 1.96 bits per heavy atom. The number of hydrogen-bond acceptors (Lipinski definition) is 7. The Labute approximate surface area is 145 Å². The highest BCUT2D eigenvalue weighted by molar-refractivity contribution is 7.91. The van der Waals surface area contributed by atoms with Gasteiger partial charge in [-0.25, -0.2) is 13.4 Å². The van der Waals surface area contributed by atoms with Crippen LogP contribution in [0.15, 0.2) is 17.2 Å². The fourth-order valence-electron chi connectivity index (χ4n) is 1.81. The Bertz CT molecular complexity index is 909. The number of rotatable bonds is 4. The Hall–Kier alpha value is -2.08. The first-order chi connectivity index (χ1) is 11.5. The van der Waals surface area contributed by atoms with E-state index in [0.29, 0.717) is 5.56 Å². The summed E-state index contributed by atoms with van der Waals surface area (Å²) in [5.41, 5.74) is 0.153. The number of carbonyl (C=O) groups is 1. The molecule has 2 aromatic heterocycles. The molecule has 0 bridgehead atoms. The van der Waals surface area contributed by atoms with Crippen LogP contribution in [0.3, 0.4) is 0 Å². The first-order valence-corrected chi connectivity index (χ1v) is 9.32. The van der Waals surface area contributed by atoms with E-state index in [0.717, 1.165) is 4.90 Å². The summed E-state index contributed by atoms with van der Waals surface area (Å²) in [5.74, 6) is -1.14. The number of halogens is 3. The molecule has 25 heavy (non-hydrogen) atoms. The van der Waals surface area contributed by atoms with Crippen LogP contribution in [0.25, 0.3) is 0 Å². The molecule has 7 nitrogen and oxygen atoms in total. The highest BCUT2D eigenvalue weighted by atomic mass is 32.2. The molecule has 0 aliphatic rings. The molecule has 12 heteroatoms. The topological polar surface area (TPSA) is 93.1 Å². The van der Waals surface area contributed by atoms with Crippen LogP contribution in [0.2, 0.25) is 0 Å². The van der Waals surface area contributed by atoms with E-state index in [1.165, 1.54) is 26.2 Å². The number of hydrogen-bond donors (Lipinski definition) is 0. The van der Waals surface area contributed by atoms with Gasteiger partial charge in [-0.15, -0.1) is 10.2 Å². The monoisotopic (exact) mass is 394 g/mol. The van der Waals surface area contributed by atoms with Gasteiger partial charge in [-0.05, 0) is 18.6 Å². The summed E-state index contributed by atoms with van der Waals surface area (Å²) in [7, 11) is -2.58. The number of aromatic nitrogens is 3. The van der Waals surface area contributed by atoms with Gasteiger partial charge in [0.15, 0.2) is 9.84 Å². The molecule has 0 aromatic carbocycles. The average molecular weight is 394 g/mol. The van der Waals surface area contributed by atoms with E-state index in [4.69, 9.17) is 0 Å². The summed E-state index contributed by atoms with van der Waals surface area (Å²) in [5, 5.41) is 4.80. The molecule has 0 N–H and O–H groups in total. The maximum atomic E-state index is 12.6. The van der Waals surface area contributed by atoms with Crippen LogP contribution in [0.5, 0.6) is 0 Å². The van der Waals surface area contributed by atoms with Gasteiger partial charge in [0, 0.05) is 13.2 Å². The number of amides is 1. The fourth-order valence-corrected chi connectivity index (χ4v) is 3.59. The van der Waals surface area contributed by atoms with Crippen LogP contribution in [0, 0.1) is 6.92 Å². The van der Waals surface area contributed by atoms with Crippen molar-refractivity contribution in [1.82, 2.24) is 15.2 Å². The predicted molar refractivity (Wildman–Crippen MR) is 84.3 cm³/mol. The van der Waals surface area contributed by atoms with Gasteiger partial charge >= 0.3 is 6.18 Å². The van der Waals surface area contributed by atoms with E-state index in [2.05, 4.69) is 15.2 Å². The maximum Gasteiger partial charge on any atom is 0.445 e. The molecule has 2 rings (SSSR count). The van der Waals surface area contributed by atoms with Gasteiger partial charge < -0.3 is 0 Å². The van der Waals surface area contributed by atoms with E-state index >= 15 is 0 Å². The average Bonchev–Trinajstić information content (AvgIpc) is 3.03. The lowest BCUT2D eigenvalue weighted by atomic mass is 10.2. The number of aryl methyl sites for hydroxylation is 1. The summed E-state index contributed by atoms with van der Waals surface area (Å²) >= 11 is 0.174. The van der Waals surface area contributed by atoms with Crippen LogP contribution in [-0.4, -0.2) is 42.3 Å². The first-order valence-electron chi connectivity index (χ1n) is 6.85. The molecule has 0 aliphatic carbocycles. The number of anilines is 1. The second-order valence-corrected chi connectivity index (χ2v) is 8.22. The molecular weight excluding hydrogens is 381 g/mol. The minimum absolute atomic E-state index is 0.174. The van der Waals surface area contributed by atoms with Crippen LogP contribution in [0.4, 0.5) is 18.3 Å². The standard InChI is InChI=1S/C13H13F3N4O3S2/c1-4-25(22,23)8-5-7(2)6-17-9(8)10(21)20(3)12-19-18-11(24-12)13(14,15)16/h5-6H,4H2,1-3H3. The Morgan fingerprint density at radius 3 is 2.48 bits per heavy atom. The fraction of sp³-hybridized carbons (Fsp3) is 0.385. The van der Waals surface area contributed by atoms with Gasteiger partial charge in [0.25, 0.3) is 5.91 Å². The molecular formula is C13H13F3N4O3S2. The minimum Gasteiger partial charge on any atom is -0.284 e. The zero-order valence-electron chi connectivity index (χ0n) is 13.3. The second-order valence-electron chi connectivity index (χ2n) is 5.01. The first kappa shape index (κ1) is 19.2. The van der Waals surface area contributed by atoms with Gasteiger partial charge in [0.2, 0.25) is 10.1 Å². The molecule has 2 heterocycles. The lowest BCUT2D eigenvalue weighted by molar-refractivity contribution is -0.138. The Morgan fingerprint density at radius 1 is 1.32 bits per heavy atom. The van der Waals surface area contributed by atoms with E-state index in [-0.39, 0.29) is 32.8 Å². The smallest absolute Gasteiger partial charge is 0.284 e. The lowest BCUT2D eigenvalue weighted by Gasteiger charge is -2.15. The van der Waals surface area contributed by atoms with Crippen molar-refractivity contribution >= 4 is 32.2 Å².